The zero-order valence-electron chi connectivity index (χ0n) is 10.2. The molecular formula is C14H10ClFN2O2. The molecule has 0 aliphatic carbocycles. The maximum atomic E-state index is 12.9. The molecule has 0 fully saturated rings. The van der Waals surface area contributed by atoms with E-state index in [0.29, 0.717) is 10.6 Å². The van der Waals surface area contributed by atoms with Crippen molar-refractivity contribution >= 4 is 23.7 Å². The predicted octanol–water partition coefficient (Wildman–Crippen LogP) is 2.95. The van der Waals surface area contributed by atoms with Crippen LogP contribution in [0.3, 0.4) is 0 Å². The molecule has 20 heavy (non-hydrogen) atoms. The van der Waals surface area contributed by atoms with Crippen molar-refractivity contribution in [3.8, 4) is 5.75 Å². The lowest BCUT2D eigenvalue weighted by Crippen LogP contribution is -2.17. The number of carbonyl (C=O) groups is 1. The van der Waals surface area contributed by atoms with Crippen LogP contribution in [-0.2, 0) is 0 Å². The second-order valence-electron chi connectivity index (χ2n) is 3.92. The van der Waals surface area contributed by atoms with E-state index in [1.807, 2.05) is 0 Å². The molecule has 6 heteroatoms. The van der Waals surface area contributed by atoms with E-state index < -0.39 is 11.7 Å². The van der Waals surface area contributed by atoms with E-state index in [1.54, 1.807) is 6.07 Å². The summed E-state index contributed by atoms with van der Waals surface area (Å²) in [4.78, 5) is 11.8. The predicted molar refractivity (Wildman–Crippen MR) is 74.6 cm³/mol. The Labute approximate surface area is 119 Å². The Bertz CT molecular complexity index is 674. The van der Waals surface area contributed by atoms with Crippen molar-refractivity contribution in [1.82, 2.24) is 5.43 Å². The SMILES string of the molecule is O=C(NN=Cc1cccc(F)c1)c1cc(Cl)ccc1O. The van der Waals surface area contributed by atoms with Gasteiger partial charge in [-0.1, -0.05) is 23.7 Å². The highest BCUT2D eigenvalue weighted by atomic mass is 35.5. The van der Waals surface area contributed by atoms with Crippen LogP contribution in [0.2, 0.25) is 5.02 Å². The zero-order chi connectivity index (χ0) is 14.5. The minimum Gasteiger partial charge on any atom is -0.507 e. The van der Waals surface area contributed by atoms with E-state index in [2.05, 4.69) is 10.5 Å². The lowest BCUT2D eigenvalue weighted by atomic mass is 10.2. The first kappa shape index (κ1) is 14.0. The third-order valence-electron chi connectivity index (χ3n) is 2.43. The molecule has 2 aromatic rings. The maximum Gasteiger partial charge on any atom is 0.275 e. The Morgan fingerprint density at radius 3 is 2.85 bits per heavy atom. The van der Waals surface area contributed by atoms with E-state index in [-0.39, 0.29) is 11.3 Å². The number of nitrogens with zero attached hydrogens (tertiary/aromatic N) is 1. The Kier molecular flexibility index (Phi) is 4.32. The molecule has 0 radical (unpaired) electrons. The summed E-state index contributed by atoms with van der Waals surface area (Å²) in [7, 11) is 0. The molecule has 2 N–H and O–H groups in total. The first-order chi connectivity index (χ1) is 9.56. The van der Waals surface area contributed by atoms with Gasteiger partial charge in [0, 0.05) is 5.02 Å². The maximum absolute atomic E-state index is 12.9. The number of benzene rings is 2. The molecule has 102 valence electrons. The number of nitrogens with one attached hydrogen (secondary N) is 1. The second-order valence-corrected chi connectivity index (χ2v) is 4.35. The van der Waals surface area contributed by atoms with Crippen molar-refractivity contribution in [2.45, 2.75) is 0 Å². The van der Waals surface area contributed by atoms with Gasteiger partial charge in [0.2, 0.25) is 0 Å². The van der Waals surface area contributed by atoms with Crippen molar-refractivity contribution in [1.29, 1.82) is 0 Å². The number of phenolic OH excluding ortho intramolecular Hbond substituents is 1. The Hall–Kier alpha value is -2.40. The van der Waals surface area contributed by atoms with Gasteiger partial charge in [-0.15, -0.1) is 0 Å². The zero-order valence-corrected chi connectivity index (χ0v) is 10.9. The van der Waals surface area contributed by atoms with Crippen molar-refractivity contribution < 1.29 is 14.3 Å². The number of rotatable bonds is 3. The highest BCUT2D eigenvalue weighted by Crippen LogP contribution is 2.21. The second kappa shape index (κ2) is 6.16. The molecule has 2 aromatic carbocycles. The number of hydrazone groups is 1. The number of hydrogen-bond donors (Lipinski definition) is 2. The third kappa shape index (κ3) is 3.55. The van der Waals surface area contributed by atoms with Crippen LogP contribution in [0, 0.1) is 5.82 Å². The van der Waals surface area contributed by atoms with Crippen LogP contribution in [0.1, 0.15) is 15.9 Å². The van der Waals surface area contributed by atoms with Gasteiger partial charge in [-0.2, -0.15) is 5.10 Å². The molecule has 0 bridgehead atoms. The number of carbonyl (C=O) groups excluding carboxylic acids is 1. The quantitative estimate of drug-likeness (QED) is 0.675. The van der Waals surface area contributed by atoms with E-state index in [9.17, 15) is 14.3 Å². The topological polar surface area (TPSA) is 61.7 Å². The van der Waals surface area contributed by atoms with Gasteiger partial charge in [0.05, 0.1) is 11.8 Å². The highest BCUT2D eigenvalue weighted by Gasteiger charge is 2.10. The summed E-state index contributed by atoms with van der Waals surface area (Å²) >= 11 is 5.74. The van der Waals surface area contributed by atoms with E-state index in [4.69, 9.17) is 11.6 Å². The standard InChI is InChI=1S/C14H10ClFN2O2/c15-10-4-5-13(19)12(7-10)14(20)18-17-8-9-2-1-3-11(16)6-9/h1-8,19H,(H,18,20). The van der Waals surface area contributed by atoms with Gasteiger partial charge >= 0.3 is 0 Å². The van der Waals surface area contributed by atoms with Crippen LogP contribution >= 0.6 is 11.6 Å². The molecular weight excluding hydrogens is 283 g/mol. The van der Waals surface area contributed by atoms with Gasteiger partial charge in [-0.3, -0.25) is 4.79 Å². The first-order valence-electron chi connectivity index (χ1n) is 5.64. The fraction of sp³-hybridized carbons (Fsp3) is 0. The van der Waals surface area contributed by atoms with Gasteiger partial charge in [-0.25, -0.2) is 9.82 Å². The Morgan fingerprint density at radius 1 is 1.30 bits per heavy atom. The number of aromatic hydroxyl groups is 1. The molecule has 0 aliphatic heterocycles. The van der Waals surface area contributed by atoms with Crippen LogP contribution < -0.4 is 5.43 Å². The third-order valence-corrected chi connectivity index (χ3v) is 2.67. The lowest BCUT2D eigenvalue weighted by molar-refractivity contribution is 0.0952. The summed E-state index contributed by atoms with van der Waals surface area (Å²) in [5, 5.41) is 13.5. The van der Waals surface area contributed by atoms with Crippen molar-refractivity contribution in [2.75, 3.05) is 0 Å². The number of halogens is 2. The number of phenols is 1. The molecule has 1 amide bonds. The minimum absolute atomic E-state index is 0.00823. The summed E-state index contributed by atoms with van der Waals surface area (Å²) in [6, 6.07) is 9.84. The molecule has 0 heterocycles. The number of hydrogen-bond acceptors (Lipinski definition) is 3. The fourth-order valence-electron chi connectivity index (χ4n) is 1.50. The van der Waals surface area contributed by atoms with E-state index >= 15 is 0 Å². The molecule has 0 spiro atoms. The summed E-state index contributed by atoms with van der Waals surface area (Å²) < 4.78 is 12.9. The van der Waals surface area contributed by atoms with Gasteiger partial charge in [0.25, 0.3) is 5.91 Å². The largest absolute Gasteiger partial charge is 0.507 e. The first-order valence-corrected chi connectivity index (χ1v) is 6.01. The summed E-state index contributed by atoms with van der Waals surface area (Å²) in [6.07, 6.45) is 1.29. The van der Waals surface area contributed by atoms with Crippen LogP contribution in [0.5, 0.6) is 5.75 Å². The van der Waals surface area contributed by atoms with Gasteiger partial charge in [0.1, 0.15) is 11.6 Å². The lowest BCUT2D eigenvalue weighted by Gasteiger charge is -2.03. The molecule has 4 nitrogen and oxygen atoms in total. The van der Waals surface area contributed by atoms with Crippen molar-refractivity contribution in [3.05, 3.63) is 64.4 Å². The average molecular weight is 293 g/mol. The monoisotopic (exact) mass is 292 g/mol. The molecule has 0 aromatic heterocycles. The van der Waals surface area contributed by atoms with Crippen LogP contribution in [0.4, 0.5) is 4.39 Å². The average Bonchev–Trinajstić information content (AvgIpc) is 2.41. The van der Waals surface area contributed by atoms with Crippen LogP contribution in [0.25, 0.3) is 0 Å². The minimum atomic E-state index is -0.613. The highest BCUT2D eigenvalue weighted by molar-refractivity contribution is 6.31. The van der Waals surface area contributed by atoms with Gasteiger partial charge in [0.15, 0.2) is 0 Å². The number of amides is 1. The van der Waals surface area contributed by atoms with Crippen molar-refractivity contribution in [2.24, 2.45) is 5.10 Å². The summed E-state index contributed by atoms with van der Waals surface area (Å²) in [5.41, 5.74) is 2.73. The molecule has 2 rings (SSSR count). The molecule has 0 saturated carbocycles. The van der Waals surface area contributed by atoms with Gasteiger partial charge in [-0.05, 0) is 35.9 Å². The van der Waals surface area contributed by atoms with E-state index in [1.165, 1.54) is 42.6 Å². The summed E-state index contributed by atoms with van der Waals surface area (Å²) in [6.45, 7) is 0. The van der Waals surface area contributed by atoms with Crippen LogP contribution in [-0.4, -0.2) is 17.2 Å². The van der Waals surface area contributed by atoms with E-state index in [0.717, 1.165) is 0 Å². The molecule has 0 unspecified atom stereocenters. The molecule has 0 saturated heterocycles. The van der Waals surface area contributed by atoms with Crippen molar-refractivity contribution in [3.63, 3.8) is 0 Å². The fourth-order valence-corrected chi connectivity index (χ4v) is 1.67. The molecule has 0 atom stereocenters. The Morgan fingerprint density at radius 2 is 2.10 bits per heavy atom. The smallest absolute Gasteiger partial charge is 0.275 e. The van der Waals surface area contributed by atoms with Crippen LogP contribution in [0.15, 0.2) is 47.6 Å². The normalized spacial score (nSPS) is 10.7. The van der Waals surface area contributed by atoms with Gasteiger partial charge < -0.3 is 5.11 Å². The Balaban J connectivity index is 2.07. The summed E-state index contributed by atoms with van der Waals surface area (Å²) in [5.74, 6) is -1.21. The molecule has 0 aliphatic rings.